The quantitative estimate of drug-likeness (QED) is 0.468. The zero-order valence-electron chi connectivity index (χ0n) is 18.1. The summed E-state index contributed by atoms with van der Waals surface area (Å²) in [6.07, 6.45) is -1.52. The summed E-state index contributed by atoms with van der Waals surface area (Å²) in [5.41, 5.74) is 4.85. The summed E-state index contributed by atoms with van der Waals surface area (Å²) in [6, 6.07) is 22.2. The number of rotatable bonds is 6. The topological polar surface area (TPSA) is 78.4 Å². The van der Waals surface area contributed by atoms with Crippen LogP contribution in [-0.4, -0.2) is 31.9 Å². The molecule has 0 aliphatic carbocycles. The summed E-state index contributed by atoms with van der Waals surface area (Å²) in [6.45, 7) is 1.80. The Bertz CT molecular complexity index is 1130. The predicted molar refractivity (Wildman–Crippen MR) is 121 cm³/mol. The smallest absolute Gasteiger partial charge is 0.285 e. The van der Waals surface area contributed by atoms with E-state index in [0.29, 0.717) is 28.7 Å². The summed E-state index contributed by atoms with van der Waals surface area (Å²) >= 11 is 0. The standard InChI is InChI=1S/C25H24N2O5/c1-16(18-13-14-19(29-2)22(15-18)30-3)26-27-25(28)24-23(17-9-5-4-6-10-17)31-20-11-7-8-12-21(20)32-24/h4-15,23-24H,1-3H3,(H,27,28)/b26-16-/t23-,24-/m0/s1. The Hall–Kier alpha value is -4.00. The molecule has 1 aliphatic rings. The summed E-state index contributed by atoms with van der Waals surface area (Å²) in [5.74, 6) is 1.89. The molecule has 0 saturated heterocycles. The van der Waals surface area contributed by atoms with Crippen LogP contribution in [0.3, 0.4) is 0 Å². The van der Waals surface area contributed by atoms with Gasteiger partial charge in [0, 0.05) is 5.56 Å². The monoisotopic (exact) mass is 432 g/mol. The zero-order chi connectivity index (χ0) is 22.5. The van der Waals surface area contributed by atoms with Gasteiger partial charge in [-0.2, -0.15) is 5.10 Å². The molecule has 4 rings (SSSR count). The molecule has 0 fully saturated rings. The zero-order valence-corrected chi connectivity index (χ0v) is 18.1. The van der Waals surface area contributed by atoms with Gasteiger partial charge in [0.25, 0.3) is 5.91 Å². The third-order valence-corrected chi connectivity index (χ3v) is 5.15. The molecule has 1 amide bonds. The Balaban J connectivity index is 1.57. The Labute approximate surface area is 186 Å². The van der Waals surface area contributed by atoms with E-state index in [1.807, 2.05) is 54.6 Å². The maximum Gasteiger partial charge on any atom is 0.285 e. The van der Waals surface area contributed by atoms with Gasteiger partial charge in [0.05, 0.1) is 19.9 Å². The predicted octanol–water partition coefficient (Wildman–Crippen LogP) is 4.13. The molecule has 1 heterocycles. The van der Waals surface area contributed by atoms with Crippen molar-refractivity contribution in [2.45, 2.75) is 19.1 Å². The van der Waals surface area contributed by atoms with Crippen LogP contribution in [0.4, 0.5) is 0 Å². The lowest BCUT2D eigenvalue weighted by atomic mass is 10.0. The van der Waals surface area contributed by atoms with Crippen molar-refractivity contribution in [1.82, 2.24) is 5.43 Å². The number of para-hydroxylation sites is 2. The van der Waals surface area contributed by atoms with Gasteiger partial charge in [0.2, 0.25) is 6.10 Å². The fourth-order valence-corrected chi connectivity index (χ4v) is 3.45. The van der Waals surface area contributed by atoms with Crippen molar-refractivity contribution in [2.24, 2.45) is 5.10 Å². The van der Waals surface area contributed by atoms with Crippen molar-refractivity contribution in [1.29, 1.82) is 0 Å². The van der Waals surface area contributed by atoms with Gasteiger partial charge in [-0.05, 0) is 42.8 Å². The van der Waals surface area contributed by atoms with E-state index in [9.17, 15) is 4.79 Å². The van der Waals surface area contributed by atoms with Crippen LogP contribution >= 0.6 is 0 Å². The highest BCUT2D eigenvalue weighted by atomic mass is 16.6. The first kappa shape index (κ1) is 21.2. The van der Waals surface area contributed by atoms with Gasteiger partial charge in [-0.15, -0.1) is 0 Å². The molecule has 7 nitrogen and oxygen atoms in total. The molecular formula is C25H24N2O5. The molecule has 32 heavy (non-hydrogen) atoms. The molecule has 1 aliphatic heterocycles. The number of ether oxygens (including phenoxy) is 4. The van der Waals surface area contributed by atoms with E-state index in [2.05, 4.69) is 10.5 Å². The summed E-state index contributed by atoms with van der Waals surface area (Å²) < 4.78 is 22.8. The molecule has 1 N–H and O–H groups in total. The lowest BCUT2D eigenvalue weighted by molar-refractivity contribution is -0.134. The first-order chi connectivity index (χ1) is 15.6. The maximum atomic E-state index is 13.1. The summed E-state index contributed by atoms with van der Waals surface area (Å²) in [4.78, 5) is 13.1. The molecule has 0 radical (unpaired) electrons. The normalized spacial score (nSPS) is 17.4. The molecule has 0 aromatic heterocycles. The lowest BCUT2D eigenvalue weighted by Gasteiger charge is -2.33. The molecule has 0 spiro atoms. The van der Waals surface area contributed by atoms with E-state index in [0.717, 1.165) is 11.1 Å². The van der Waals surface area contributed by atoms with E-state index in [1.54, 1.807) is 39.3 Å². The Morgan fingerprint density at radius 2 is 1.53 bits per heavy atom. The lowest BCUT2D eigenvalue weighted by Crippen LogP contribution is -2.44. The van der Waals surface area contributed by atoms with Crippen LogP contribution in [-0.2, 0) is 4.79 Å². The van der Waals surface area contributed by atoms with E-state index in [1.165, 1.54) is 0 Å². The highest BCUT2D eigenvalue weighted by Crippen LogP contribution is 2.39. The van der Waals surface area contributed by atoms with Crippen LogP contribution in [0.25, 0.3) is 0 Å². The molecule has 7 heteroatoms. The van der Waals surface area contributed by atoms with Gasteiger partial charge >= 0.3 is 0 Å². The minimum atomic E-state index is -0.908. The van der Waals surface area contributed by atoms with Crippen molar-refractivity contribution >= 4 is 11.6 Å². The number of fused-ring (bicyclic) bond motifs is 1. The van der Waals surface area contributed by atoms with Gasteiger partial charge in [0.1, 0.15) is 0 Å². The van der Waals surface area contributed by atoms with Crippen molar-refractivity contribution in [3.05, 3.63) is 83.9 Å². The first-order valence-corrected chi connectivity index (χ1v) is 10.1. The van der Waals surface area contributed by atoms with Crippen LogP contribution in [0.2, 0.25) is 0 Å². The molecule has 0 bridgehead atoms. The number of carbonyl (C=O) groups excluding carboxylic acids is 1. The highest BCUT2D eigenvalue weighted by molar-refractivity contribution is 6.00. The van der Waals surface area contributed by atoms with Gasteiger partial charge in [0.15, 0.2) is 29.1 Å². The van der Waals surface area contributed by atoms with Crippen molar-refractivity contribution in [2.75, 3.05) is 14.2 Å². The third-order valence-electron chi connectivity index (χ3n) is 5.15. The van der Waals surface area contributed by atoms with Crippen molar-refractivity contribution in [3.63, 3.8) is 0 Å². The molecular weight excluding hydrogens is 408 g/mol. The molecule has 3 aromatic rings. The summed E-state index contributed by atoms with van der Waals surface area (Å²) in [7, 11) is 3.14. The fraction of sp³-hybridized carbons (Fsp3) is 0.200. The van der Waals surface area contributed by atoms with Crippen LogP contribution in [0.5, 0.6) is 23.0 Å². The van der Waals surface area contributed by atoms with E-state index < -0.39 is 18.1 Å². The van der Waals surface area contributed by atoms with Crippen LogP contribution in [0.15, 0.2) is 77.9 Å². The SMILES string of the molecule is COc1ccc(/C(C)=N\NC(=O)[C@H]2Oc3ccccc3O[C@H]2c2ccccc2)cc1OC. The van der Waals surface area contributed by atoms with Crippen LogP contribution in [0.1, 0.15) is 24.2 Å². The Morgan fingerprint density at radius 1 is 0.875 bits per heavy atom. The number of hydrogen-bond acceptors (Lipinski definition) is 6. The largest absolute Gasteiger partial charge is 0.493 e. The molecule has 0 saturated carbocycles. The van der Waals surface area contributed by atoms with Gasteiger partial charge < -0.3 is 18.9 Å². The van der Waals surface area contributed by atoms with Gasteiger partial charge in [-0.1, -0.05) is 42.5 Å². The molecule has 0 unspecified atom stereocenters. The minimum Gasteiger partial charge on any atom is -0.493 e. The number of benzene rings is 3. The number of carbonyl (C=O) groups is 1. The maximum absolute atomic E-state index is 13.1. The second-order valence-electron chi connectivity index (χ2n) is 7.18. The number of methoxy groups -OCH3 is 2. The highest BCUT2D eigenvalue weighted by Gasteiger charge is 2.38. The second-order valence-corrected chi connectivity index (χ2v) is 7.18. The fourth-order valence-electron chi connectivity index (χ4n) is 3.45. The van der Waals surface area contributed by atoms with E-state index in [4.69, 9.17) is 18.9 Å². The average Bonchev–Trinajstić information content (AvgIpc) is 2.86. The average molecular weight is 432 g/mol. The van der Waals surface area contributed by atoms with E-state index >= 15 is 0 Å². The van der Waals surface area contributed by atoms with Crippen molar-refractivity contribution < 1.29 is 23.7 Å². The number of hydrazone groups is 1. The van der Waals surface area contributed by atoms with Crippen LogP contribution < -0.4 is 24.4 Å². The third kappa shape index (κ3) is 4.37. The summed E-state index contributed by atoms with van der Waals surface area (Å²) in [5, 5.41) is 4.27. The van der Waals surface area contributed by atoms with E-state index in [-0.39, 0.29) is 0 Å². The Kier molecular flexibility index (Phi) is 6.26. The number of amides is 1. The molecule has 2 atom stereocenters. The second kappa shape index (κ2) is 9.43. The van der Waals surface area contributed by atoms with Crippen molar-refractivity contribution in [3.8, 4) is 23.0 Å². The van der Waals surface area contributed by atoms with Crippen LogP contribution in [0, 0.1) is 0 Å². The molecule has 164 valence electrons. The minimum absolute atomic E-state index is 0.409. The molecule has 3 aromatic carbocycles. The number of nitrogens with zero attached hydrogens (tertiary/aromatic N) is 1. The Morgan fingerprint density at radius 3 is 2.22 bits per heavy atom. The van der Waals surface area contributed by atoms with Gasteiger partial charge in [-0.25, -0.2) is 5.43 Å². The van der Waals surface area contributed by atoms with Gasteiger partial charge in [-0.3, -0.25) is 4.79 Å². The number of nitrogens with one attached hydrogen (secondary N) is 1. The number of hydrogen-bond donors (Lipinski definition) is 1. The first-order valence-electron chi connectivity index (χ1n) is 10.1.